The summed E-state index contributed by atoms with van der Waals surface area (Å²) in [6, 6.07) is 0. The van der Waals surface area contributed by atoms with E-state index in [1.165, 1.54) is 83.5 Å². The van der Waals surface area contributed by atoms with Gasteiger partial charge in [0.05, 0.1) is 13.2 Å². The van der Waals surface area contributed by atoms with Gasteiger partial charge in [-0.25, -0.2) is 0 Å². The summed E-state index contributed by atoms with van der Waals surface area (Å²) in [5, 5.41) is 85.0. The molecule has 0 radical (unpaired) electrons. The predicted octanol–water partition coefficient (Wildman–Crippen LogP) is 0.111. The smallest absolute Gasteiger partial charge is 0.303 e. The third kappa shape index (κ3) is 16.0. The summed E-state index contributed by atoms with van der Waals surface area (Å²) in [6.45, 7) is 0.925. The Bertz CT molecular complexity index is 697. The van der Waals surface area contributed by atoms with E-state index < -0.39 is 80.6 Å². The summed E-state index contributed by atoms with van der Waals surface area (Å²) in [5.41, 5.74) is 0. The minimum Gasteiger partial charge on any atom is -0.481 e. The Balaban J connectivity index is 0.000000832. The summed E-state index contributed by atoms with van der Waals surface area (Å²) in [6.07, 6.45) is 4.63. The van der Waals surface area contributed by atoms with Crippen LogP contribution in [0.3, 0.4) is 0 Å². The zero-order valence-electron chi connectivity index (χ0n) is 26.2. The molecule has 11 N–H and O–H groups in total. The first kappa shape index (κ1) is 43.0. The molecule has 0 aromatic carbocycles. The van der Waals surface area contributed by atoms with Gasteiger partial charge < -0.3 is 65.6 Å². The van der Waals surface area contributed by atoms with Gasteiger partial charge in [-0.15, -0.1) is 0 Å². The number of aliphatic hydroxyl groups excluding tert-OH is 8. The first-order valence-corrected chi connectivity index (χ1v) is 16.1. The van der Waals surface area contributed by atoms with Crippen LogP contribution in [0.25, 0.3) is 0 Å². The highest BCUT2D eigenvalue weighted by Gasteiger charge is 2.50. The highest BCUT2D eigenvalue weighted by atomic mass is 16.7. The molecule has 2 aliphatic rings. The number of ether oxygens (including phenoxy) is 3. The maximum Gasteiger partial charge on any atom is 0.303 e. The van der Waals surface area contributed by atoms with Crippen LogP contribution in [-0.4, -0.2) is 132 Å². The van der Waals surface area contributed by atoms with Crippen LogP contribution in [0.5, 0.6) is 0 Å². The van der Waals surface area contributed by atoms with Gasteiger partial charge in [-0.2, -0.15) is 0 Å². The van der Waals surface area contributed by atoms with E-state index in [9.17, 15) is 40.5 Å². The quantitative estimate of drug-likeness (QED) is 0.0798. The predicted molar refractivity (Wildman–Crippen MR) is 159 cm³/mol. The van der Waals surface area contributed by atoms with Crippen LogP contribution < -0.4 is 0 Å². The molecule has 0 spiro atoms. The van der Waals surface area contributed by atoms with Crippen molar-refractivity contribution < 1.29 is 70.4 Å². The molecule has 0 amide bonds. The molecule has 1 unspecified atom stereocenters. The maximum absolute atomic E-state index is 10.3. The molecule has 2 fully saturated rings. The molecule has 14 heteroatoms. The molecule has 10 atom stereocenters. The van der Waals surface area contributed by atoms with Gasteiger partial charge in [0.2, 0.25) is 0 Å². The second-order valence-corrected chi connectivity index (χ2v) is 11.6. The molecule has 2 rings (SSSR count). The largest absolute Gasteiger partial charge is 0.481 e. The SMILES string of the molecule is CCCCCCCCCCCCCCCCCC(=O)O.O.OC[C@H]1O[C@@H](O[C@H]2[C@H](O)[C@@H](O)C(O)O[C@@H]2CO)[C@H](O)[C@@H](O)[C@H]1O. The average Bonchev–Trinajstić information content (AvgIpc) is 2.99. The Morgan fingerprint density at radius 2 is 1.05 bits per heavy atom. The molecule has 0 aromatic rings. The zero-order valence-corrected chi connectivity index (χ0v) is 26.2. The number of carbonyl (C=O) groups is 1. The van der Waals surface area contributed by atoms with Gasteiger partial charge in [-0.05, 0) is 6.42 Å². The van der Waals surface area contributed by atoms with E-state index in [4.69, 9.17) is 24.4 Å². The molecule has 0 saturated carbocycles. The number of carboxylic acids is 1. The fourth-order valence-electron chi connectivity index (χ4n) is 5.22. The maximum atomic E-state index is 10.3. The van der Waals surface area contributed by atoms with Crippen LogP contribution in [0.1, 0.15) is 110 Å². The van der Waals surface area contributed by atoms with Gasteiger partial charge >= 0.3 is 5.97 Å². The van der Waals surface area contributed by atoms with Crippen LogP contribution in [-0.2, 0) is 19.0 Å². The van der Waals surface area contributed by atoms with E-state index in [0.717, 1.165) is 12.8 Å². The van der Waals surface area contributed by atoms with Crippen LogP contribution in [0, 0.1) is 0 Å². The average molecular weight is 645 g/mol. The third-order valence-electron chi connectivity index (χ3n) is 7.97. The summed E-state index contributed by atoms with van der Waals surface area (Å²) in [7, 11) is 0. The van der Waals surface area contributed by atoms with E-state index in [2.05, 4.69) is 6.92 Å². The van der Waals surface area contributed by atoms with Gasteiger partial charge in [0.25, 0.3) is 0 Å². The van der Waals surface area contributed by atoms with E-state index in [1.54, 1.807) is 0 Å². The molecular weight excluding hydrogens is 584 g/mol. The lowest BCUT2D eigenvalue weighted by Gasteiger charge is -2.45. The van der Waals surface area contributed by atoms with Crippen molar-refractivity contribution in [2.75, 3.05) is 13.2 Å². The van der Waals surface area contributed by atoms with Crippen molar-refractivity contribution in [3.63, 3.8) is 0 Å². The highest BCUT2D eigenvalue weighted by molar-refractivity contribution is 5.66. The lowest BCUT2D eigenvalue weighted by atomic mass is 9.97. The Morgan fingerprint density at radius 3 is 1.48 bits per heavy atom. The number of hydrogen-bond donors (Lipinski definition) is 9. The van der Waals surface area contributed by atoms with E-state index in [1.807, 2.05) is 0 Å². The van der Waals surface area contributed by atoms with Crippen molar-refractivity contribution in [3.05, 3.63) is 0 Å². The number of aliphatic hydroxyl groups is 8. The molecular formula is C30H60O14. The zero-order chi connectivity index (χ0) is 32.2. The van der Waals surface area contributed by atoms with Crippen LogP contribution in [0.2, 0.25) is 0 Å². The second kappa shape index (κ2) is 25.1. The number of carboxylic acid groups (broad SMARTS) is 1. The Kier molecular flexibility index (Phi) is 24.5. The third-order valence-corrected chi connectivity index (χ3v) is 7.97. The molecule has 0 aromatic heterocycles. The van der Waals surface area contributed by atoms with Crippen LogP contribution in [0.4, 0.5) is 0 Å². The molecule has 2 aliphatic heterocycles. The fraction of sp³-hybridized carbons (Fsp3) is 0.967. The molecule has 0 bridgehead atoms. The van der Waals surface area contributed by atoms with Gasteiger partial charge in [-0.3, -0.25) is 4.79 Å². The van der Waals surface area contributed by atoms with Crippen molar-refractivity contribution >= 4 is 5.97 Å². The minimum absolute atomic E-state index is 0. The van der Waals surface area contributed by atoms with Crippen molar-refractivity contribution in [2.24, 2.45) is 0 Å². The van der Waals surface area contributed by atoms with E-state index >= 15 is 0 Å². The number of hydrogen-bond acceptors (Lipinski definition) is 12. The molecule has 2 heterocycles. The van der Waals surface area contributed by atoms with E-state index in [-0.39, 0.29) is 5.48 Å². The van der Waals surface area contributed by atoms with Gasteiger partial charge in [-0.1, -0.05) is 96.8 Å². The monoisotopic (exact) mass is 644 g/mol. The Morgan fingerprint density at radius 1 is 0.591 bits per heavy atom. The second-order valence-electron chi connectivity index (χ2n) is 11.6. The van der Waals surface area contributed by atoms with Crippen molar-refractivity contribution in [3.8, 4) is 0 Å². The number of aliphatic carboxylic acids is 1. The fourth-order valence-corrected chi connectivity index (χ4v) is 5.22. The highest BCUT2D eigenvalue weighted by Crippen LogP contribution is 2.28. The summed E-state index contributed by atoms with van der Waals surface area (Å²) in [5.74, 6) is -0.653. The van der Waals surface area contributed by atoms with Crippen LogP contribution in [0.15, 0.2) is 0 Å². The minimum atomic E-state index is -1.74. The number of unbranched alkanes of at least 4 members (excludes halogenated alkanes) is 14. The molecule has 2 saturated heterocycles. The Hall–Kier alpha value is -1.01. The lowest BCUT2D eigenvalue weighted by Crippen LogP contribution is -2.64. The topological polar surface area (TPSA) is 258 Å². The molecule has 0 aliphatic carbocycles. The van der Waals surface area contributed by atoms with Gasteiger partial charge in [0.15, 0.2) is 12.6 Å². The summed E-state index contributed by atoms with van der Waals surface area (Å²) >= 11 is 0. The van der Waals surface area contributed by atoms with Crippen molar-refractivity contribution in [1.29, 1.82) is 0 Å². The molecule has 14 nitrogen and oxygen atoms in total. The lowest BCUT2D eigenvalue weighted by molar-refractivity contribution is -0.355. The first-order chi connectivity index (χ1) is 20.6. The van der Waals surface area contributed by atoms with E-state index in [0.29, 0.717) is 6.42 Å². The van der Waals surface area contributed by atoms with Crippen molar-refractivity contribution in [2.45, 2.75) is 171 Å². The Labute approximate surface area is 260 Å². The standard InChI is InChI=1S/C18H36O2.C12H22O11.H2O/c1-2-3-4-5-6-7-8-9-10-11-12-13-14-15-16-17-18(19)20;13-1-3-5(15)6(16)9(19)12(22-3)23-10-4(2-14)21-11(20)8(18)7(10)17;/h2-17H2,1H3,(H,19,20);3-20H,1-2H2;1H2/t;3-,4-,5+,6+,7-,8-,9-,10-,11?,12+;/m.1./s1. The van der Waals surface area contributed by atoms with Gasteiger partial charge in [0, 0.05) is 6.42 Å². The molecule has 264 valence electrons. The van der Waals surface area contributed by atoms with Crippen molar-refractivity contribution in [1.82, 2.24) is 0 Å². The number of rotatable bonds is 20. The molecule has 44 heavy (non-hydrogen) atoms. The normalized spacial score (nSPS) is 31.9. The summed E-state index contributed by atoms with van der Waals surface area (Å²) in [4.78, 5) is 10.3. The first-order valence-electron chi connectivity index (χ1n) is 16.1. The summed E-state index contributed by atoms with van der Waals surface area (Å²) < 4.78 is 15.3. The van der Waals surface area contributed by atoms with Gasteiger partial charge in [0.1, 0.15) is 48.8 Å². The van der Waals surface area contributed by atoms with Crippen LogP contribution >= 0.6 is 0 Å².